The van der Waals surface area contributed by atoms with Crippen molar-refractivity contribution in [1.29, 1.82) is 0 Å². The first-order chi connectivity index (χ1) is 19.1. The van der Waals surface area contributed by atoms with Gasteiger partial charge in [0, 0.05) is 55.4 Å². The van der Waals surface area contributed by atoms with E-state index >= 15 is 0 Å². The van der Waals surface area contributed by atoms with Crippen LogP contribution in [0.3, 0.4) is 0 Å². The zero-order valence-electron chi connectivity index (χ0n) is 21.1. The summed E-state index contributed by atoms with van der Waals surface area (Å²) >= 11 is 5.79. The molecule has 1 aliphatic heterocycles. The van der Waals surface area contributed by atoms with Gasteiger partial charge in [-0.1, -0.05) is 17.7 Å². The Morgan fingerprint density at radius 3 is 2.52 bits per heavy atom. The second-order valence-electron chi connectivity index (χ2n) is 8.93. The molecule has 1 saturated heterocycles. The Morgan fingerprint density at radius 2 is 1.85 bits per heavy atom. The number of nitrogens with one attached hydrogen (secondary N) is 1. The number of carbonyl (C=O) groups is 2. The smallest absolute Gasteiger partial charge is 0.326 e. The van der Waals surface area contributed by atoms with E-state index in [-0.39, 0.29) is 28.5 Å². The first kappa shape index (κ1) is 27.0. The van der Waals surface area contributed by atoms with E-state index in [1.54, 1.807) is 35.2 Å². The van der Waals surface area contributed by atoms with Crippen molar-refractivity contribution in [2.24, 2.45) is 0 Å². The number of likely N-dealkylation sites (N-methyl/N-ethyl adjacent to an activating group) is 1. The van der Waals surface area contributed by atoms with Crippen molar-refractivity contribution in [3.05, 3.63) is 77.0 Å². The van der Waals surface area contributed by atoms with Crippen LogP contribution < -0.4 is 10.2 Å². The van der Waals surface area contributed by atoms with Crippen LogP contribution in [-0.4, -0.2) is 66.7 Å². The molecule has 3 aromatic heterocycles. The van der Waals surface area contributed by atoms with Crippen molar-refractivity contribution in [2.45, 2.75) is 19.4 Å². The summed E-state index contributed by atoms with van der Waals surface area (Å²) in [6.07, 6.45) is 5.37. The van der Waals surface area contributed by atoms with Gasteiger partial charge in [0.25, 0.3) is 12.3 Å². The summed E-state index contributed by atoms with van der Waals surface area (Å²) in [5.74, 6) is -1.49. The van der Waals surface area contributed by atoms with Gasteiger partial charge in [0.1, 0.15) is 5.69 Å². The summed E-state index contributed by atoms with van der Waals surface area (Å²) in [4.78, 5) is 44.6. The number of hydrogen-bond donors (Lipinski definition) is 1. The lowest BCUT2D eigenvalue weighted by Crippen LogP contribution is -2.30. The van der Waals surface area contributed by atoms with E-state index in [1.165, 1.54) is 11.1 Å². The Balaban J connectivity index is 1.31. The van der Waals surface area contributed by atoms with Gasteiger partial charge in [-0.05, 0) is 13.0 Å². The molecule has 1 atom stereocenters. The van der Waals surface area contributed by atoms with Crippen LogP contribution in [0.5, 0.6) is 0 Å². The number of hydrogen-bond acceptors (Lipinski definition) is 7. The van der Waals surface area contributed by atoms with E-state index in [1.807, 2.05) is 6.92 Å². The van der Waals surface area contributed by atoms with Gasteiger partial charge in [-0.25, -0.2) is 32.9 Å². The van der Waals surface area contributed by atoms with Crippen molar-refractivity contribution in [2.75, 3.05) is 30.4 Å². The van der Waals surface area contributed by atoms with Crippen molar-refractivity contribution in [1.82, 2.24) is 34.6 Å². The maximum atomic E-state index is 14.7. The van der Waals surface area contributed by atoms with E-state index in [9.17, 15) is 22.8 Å². The highest BCUT2D eigenvalue weighted by Gasteiger charge is 2.28. The van der Waals surface area contributed by atoms with E-state index < -0.39 is 29.3 Å². The molecular weight excluding hydrogens is 551 g/mol. The van der Waals surface area contributed by atoms with E-state index in [0.29, 0.717) is 30.3 Å². The Labute approximate surface area is 230 Å². The number of urea groups is 1. The molecule has 206 valence electrons. The number of nitrogens with zero attached hydrogens (tertiary/aromatic N) is 8. The number of aromatic nitrogens is 6. The molecule has 0 aliphatic carbocycles. The molecule has 11 nitrogen and oxygen atoms in total. The average Bonchev–Trinajstić information content (AvgIpc) is 3.55. The van der Waals surface area contributed by atoms with Crippen LogP contribution in [0.25, 0.3) is 11.3 Å². The van der Waals surface area contributed by atoms with Crippen molar-refractivity contribution in [3.63, 3.8) is 0 Å². The van der Waals surface area contributed by atoms with Crippen LogP contribution in [0.2, 0.25) is 5.02 Å². The molecule has 1 N–H and O–H groups in total. The van der Waals surface area contributed by atoms with Gasteiger partial charge >= 0.3 is 6.03 Å². The molecule has 4 heterocycles. The van der Waals surface area contributed by atoms with E-state index in [2.05, 4.69) is 30.4 Å². The molecule has 0 spiro atoms. The van der Waals surface area contributed by atoms with Crippen LogP contribution in [0, 0.1) is 5.82 Å². The standard InChI is InChI=1S/C25H21ClF3N9O2/c1-13(14-7-31-24(32-8-14)37-6-5-36(2)25(37)40)38-12-15(9-33-38)34-23(39)19-11-30-10-18(35-19)20-16(22(28)29)3-4-17(26)21(20)27/h3-4,7-13,22H,5-6H2,1-2H3,(H,34,39)/t13-/m0/s1. The maximum absolute atomic E-state index is 14.7. The molecule has 1 aliphatic rings. The highest BCUT2D eigenvalue weighted by molar-refractivity contribution is 6.31. The summed E-state index contributed by atoms with van der Waals surface area (Å²) in [7, 11) is 1.71. The minimum Gasteiger partial charge on any atom is -0.326 e. The molecule has 0 bridgehead atoms. The van der Waals surface area contributed by atoms with E-state index in [0.717, 1.165) is 24.5 Å². The third-order valence-electron chi connectivity index (χ3n) is 6.34. The zero-order valence-corrected chi connectivity index (χ0v) is 21.8. The topological polar surface area (TPSA) is 122 Å². The average molecular weight is 572 g/mol. The van der Waals surface area contributed by atoms with Crippen molar-refractivity contribution < 1.29 is 22.8 Å². The third kappa shape index (κ3) is 5.17. The van der Waals surface area contributed by atoms with Gasteiger partial charge in [0.15, 0.2) is 5.82 Å². The molecule has 0 unspecified atom stereocenters. The molecule has 0 radical (unpaired) electrons. The van der Waals surface area contributed by atoms with Gasteiger partial charge in [-0.3, -0.25) is 19.4 Å². The SMILES string of the molecule is C[C@@H](c1cnc(N2CCN(C)C2=O)nc1)n1cc(NC(=O)c2cncc(-c3c(C(F)F)ccc(Cl)c3F)n2)cn1. The second-order valence-corrected chi connectivity index (χ2v) is 9.33. The van der Waals surface area contributed by atoms with Gasteiger partial charge in [-0.15, -0.1) is 0 Å². The monoisotopic (exact) mass is 571 g/mol. The molecule has 1 fully saturated rings. The fourth-order valence-electron chi connectivity index (χ4n) is 4.09. The highest BCUT2D eigenvalue weighted by atomic mass is 35.5. The van der Waals surface area contributed by atoms with Crippen LogP contribution in [0.15, 0.2) is 49.3 Å². The highest BCUT2D eigenvalue weighted by Crippen LogP contribution is 2.35. The second kappa shape index (κ2) is 10.9. The molecule has 40 heavy (non-hydrogen) atoms. The van der Waals surface area contributed by atoms with E-state index in [4.69, 9.17) is 11.6 Å². The number of alkyl halides is 2. The van der Waals surface area contributed by atoms with Crippen molar-refractivity contribution >= 4 is 35.2 Å². The Kier molecular flexibility index (Phi) is 7.34. The number of halogens is 4. The molecule has 15 heteroatoms. The predicted molar refractivity (Wildman–Crippen MR) is 139 cm³/mol. The Bertz CT molecular complexity index is 1580. The summed E-state index contributed by atoms with van der Waals surface area (Å²) in [5.41, 5.74) is -0.626. The zero-order chi connectivity index (χ0) is 28.6. The van der Waals surface area contributed by atoms with Gasteiger partial charge in [0.05, 0.1) is 41.0 Å². The van der Waals surface area contributed by atoms with Crippen LogP contribution in [0.1, 0.15) is 41.0 Å². The fourth-order valence-corrected chi connectivity index (χ4v) is 4.24. The van der Waals surface area contributed by atoms with Gasteiger partial charge < -0.3 is 10.2 Å². The number of benzene rings is 1. The first-order valence-corrected chi connectivity index (χ1v) is 12.3. The molecule has 3 amide bonds. The lowest BCUT2D eigenvalue weighted by molar-refractivity contribution is 0.102. The van der Waals surface area contributed by atoms with Crippen LogP contribution in [-0.2, 0) is 0 Å². The normalized spacial score (nSPS) is 14.2. The largest absolute Gasteiger partial charge is 0.326 e. The predicted octanol–water partition coefficient (Wildman–Crippen LogP) is 4.59. The minimum absolute atomic E-state index is 0.171. The van der Waals surface area contributed by atoms with Crippen LogP contribution >= 0.6 is 11.6 Å². The molecular formula is C25H21ClF3N9O2. The molecule has 1 aromatic carbocycles. The molecule has 5 rings (SSSR count). The first-order valence-electron chi connectivity index (χ1n) is 11.9. The summed E-state index contributed by atoms with van der Waals surface area (Å²) in [6.45, 7) is 2.94. The number of carbonyl (C=O) groups excluding carboxylic acids is 2. The Morgan fingerprint density at radius 1 is 1.10 bits per heavy atom. The summed E-state index contributed by atoms with van der Waals surface area (Å²) in [5, 5.41) is 6.51. The molecule has 4 aromatic rings. The minimum atomic E-state index is -3.00. The van der Waals surface area contributed by atoms with Gasteiger partial charge in [-0.2, -0.15) is 5.10 Å². The Hall–Kier alpha value is -4.59. The lowest BCUT2D eigenvalue weighted by Gasteiger charge is -2.16. The number of rotatable bonds is 7. The third-order valence-corrected chi connectivity index (χ3v) is 6.63. The van der Waals surface area contributed by atoms with Gasteiger partial charge in [0.2, 0.25) is 5.95 Å². The maximum Gasteiger partial charge on any atom is 0.326 e. The fraction of sp³-hybridized carbons (Fsp3) is 0.240. The quantitative estimate of drug-likeness (QED) is 0.344. The lowest BCUT2D eigenvalue weighted by atomic mass is 10.0. The van der Waals surface area contributed by atoms with Crippen molar-refractivity contribution in [3.8, 4) is 11.3 Å². The van der Waals surface area contributed by atoms with Crippen LogP contribution in [0.4, 0.5) is 29.6 Å². The summed E-state index contributed by atoms with van der Waals surface area (Å²) in [6, 6.07) is 1.53. The molecule has 0 saturated carbocycles. The summed E-state index contributed by atoms with van der Waals surface area (Å²) < 4.78 is 43.3. The number of amides is 3. The number of anilines is 2.